The van der Waals surface area contributed by atoms with Gasteiger partial charge in [0.2, 0.25) is 5.89 Å². The summed E-state index contributed by atoms with van der Waals surface area (Å²) in [6.45, 7) is 6.29. The number of nitrogens with one attached hydrogen (secondary N) is 1. The molecule has 3 aromatic rings. The molecule has 0 aliphatic heterocycles. The lowest BCUT2D eigenvalue weighted by molar-refractivity contribution is 0.403. The molecule has 0 aliphatic rings. The van der Waals surface area contributed by atoms with E-state index in [2.05, 4.69) is 36.1 Å². The van der Waals surface area contributed by atoms with E-state index in [1.165, 1.54) is 0 Å². The van der Waals surface area contributed by atoms with Crippen LogP contribution in [0.4, 0.5) is 10.8 Å². The van der Waals surface area contributed by atoms with Crippen LogP contribution in [0.1, 0.15) is 37.3 Å². The summed E-state index contributed by atoms with van der Waals surface area (Å²) >= 11 is 7.53. The first kappa shape index (κ1) is 16.7. The van der Waals surface area contributed by atoms with Crippen molar-refractivity contribution in [3.05, 3.63) is 58.2 Å². The largest absolute Gasteiger partial charge is 0.441 e. The van der Waals surface area contributed by atoms with Crippen LogP contribution in [0.2, 0.25) is 5.02 Å². The average molecular weight is 360 g/mol. The summed E-state index contributed by atoms with van der Waals surface area (Å²) in [6.07, 6.45) is 7.38. The summed E-state index contributed by atoms with van der Waals surface area (Å²) in [4.78, 5) is 9.65. The Balaban J connectivity index is 1.68. The Hall–Kier alpha value is -2.11. The van der Waals surface area contributed by atoms with E-state index in [0.29, 0.717) is 10.9 Å². The van der Waals surface area contributed by atoms with Crippen LogP contribution in [0.5, 0.6) is 0 Å². The van der Waals surface area contributed by atoms with E-state index in [0.717, 1.165) is 21.5 Å². The molecule has 0 spiro atoms. The predicted molar refractivity (Wildman–Crippen MR) is 101 cm³/mol. The fraction of sp³-hybridized carbons (Fsp3) is 0.222. The van der Waals surface area contributed by atoms with Gasteiger partial charge in [-0.1, -0.05) is 49.8 Å². The summed E-state index contributed by atoms with van der Waals surface area (Å²) in [7, 11) is 0. The summed E-state index contributed by atoms with van der Waals surface area (Å²) in [5.74, 6) is 1.47. The Morgan fingerprint density at radius 1 is 1.17 bits per heavy atom. The zero-order chi connectivity index (χ0) is 17.2. The molecule has 0 saturated carbocycles. The molecule has 2 heterocycles. The summed E-state index contributed by atoms with van der Waals surface area (Å²) in [5.41, 5.74) is 0.868. The Morgan fingerprint density at radius 2 is 2.00 bits per heavy atom. The molecular weight excluding hydrogens is 342 g/mol. The standard InChI is InChI=1S/C18H18ClN3OS/c1-18(2,3)15-11-20-16(23-15)8-7-14-10-21-17(24-14)22-13-6-4-5-12(19)9-13/h4-11H,1-3H3,(H,21,22)/b8-7+. The summed E-state index contributed by atoms with van der Waals surface area (Å²) in [6, 6.07) is 7.54. The molecule has 0 amide bonds. The number of hydrogen-bond donors (Lipinski definition) is 1. The molecule has 0 unspecified atom stereocenters. The minimum Gasteiger partial charge on any atom is -0.441 e. The Kier molecular flexibility index (Phi) is 4.73. The van der Waals surface area contributed by atoms with Gasteiger partial charge >= 0.3 is 0 Å². The molecule has 0 saturated heterocycles. The van der Waals surface area contributed by atoms with Crippen LogP contribution in [0.3, 0.4) is 0 Å². The van der Waals surface area contributed by atoms with Crippen molar-refractivity contribution >= 4 is 45.9 Å². The number of benzene rings is 1. The zero-order valence-corrected chi connectivity index (χ0v) is 15.3. The highest BCUT2D eigenvalue weighted by atomic mass is 35.5. The minimum atomic E-state index is -0.0440. The first-order valence-corrected chi connectivity index (χ1v) is 8.72. The van der Waals surface area contributed by atoms with Crippen LogP contribution in [0, 0.1) is 0 Å². The SMILES string of the molecule is CC(C)(C)c1cnc(/C=C/c2cnc(Nc3cccc(Cl)c3)s2)o1. The maximum absolute atomic E-state index is 5.98. The molecule has 0 aliphatic carbocycles. The van der Waals surface area contributed by atoms with E-state index in [1.54, 1.807) is 17.5 Å². The predicted octanol–water partition coefficient (Wildman–Crippen LogP) is 6.00. The smallest absolute Gasteiger partial charge is 0.218 e. The van der Waals surface area contributed by atoms with Gasteiger partial charge in [-0.05, 0) is 24.3 Å². The second-order valence-corrected chi connectivity index (χ2v) is 7.85. The number of thiazole rings is 1. The van der Waals surface area contributed by atoms with E-state index >= 15 is 0 Å². The maximum Gasteiger partial charge on any atom is 0.218 e. The second kappa shape index (κ2) is 6.79. The van der Waals surface area contributed by atoms with Gasteiger partial charge in [0, 0.05) is 33.3 Å². The van der Waals surface area contributed by atoms with E-state index in [1.807, 2.05) is 42.6 Å². The topological polar surface area (TPSA) is 51.0 Å². The van der Waals surface area contributed by atoms with Gasteiger partial charge in [0.05, 0.1) is 6.20 Å². The van der Waals surface area contributed by atoms with Gasteiger partial charge in [-0.25, -0.2) is 9.97 Å². The number of anilines is 2. The Bertz CT molecular complexity index is 861. The number of hydrogen-bond acceptors (Lipinski definition) is 5. The molecule has 6 heteroatoms. The molecular formula is C18H18ClN3OS. The summed E-state index contributed by atoms with van der Waals surface area (Å²) in [5, 5.41) is 4.73. The van der Waals surface area contributed by atoms with Crippen molar-refractivity contribution in [2.45, 2.75) is 26.2 Å². The maximum atomic E-state index is 5.98. The van der Waals surface area contributed by atoms with Gasteiger partial charge in [0.25, 0.3) is 0 Å². The quantitative estimate of drug-likeness (QED) is 0.621. The molecule has 0 fully saturated rings. The molecule has 4 nitrogen and oxygen atoms in total. The molecule has 1 aromatic carbocycles. The van der Waals surface area contributed by atoms with Crippen molar-refractivity contribution in [3.8, 4) is 0 Å². The third-order valence-corrected chi connectivity index (χ3v) is 4.37. The molecule has 0 bridgehead atoms. The lowest BCUT2D eigenvalue weighted by Gasteiger charge is -2.12. The average Bonchev–Trinajstić information content (AvgIpc) is 3.13. The van der Waals surface area contributed by atoms with Crippen LogP contribution in [-0.2, 0) is 5.41 Å². The van der Waals surface area contributed by atoms with Crippen LogP contribution < -0.4 is 5.32 Å². The van der Waals surface area contributed by atoms with E-state index < -0.39 is 0 Å². The monoisotopic (exact) mass is 359 g/mol. The molecule has 24 heavy (non-hydrogen) atoms. The third kappa shape index (κ3) is 4.24. The van der Waals surface area contributed by atoms with Crippen molar-refractivity contribution in [3.63, 3.8) is 0 Å². The number of oxazole rings is 1. The van der Waals surface area contributed by atoms with Gasteiger partial charge in [0.15, 0.2) is 5.13 Å². The van der Waals surface area contributed by atoms with E-state index in [9.17, 15) is 0 Å². The molecule has 2 aromatic heterocycles. The van der Waals surface area contributed by atoms with Gasteiger partial charge in [-0.15, -0.1) is 0 Å². The minimum absolute atomic E-state index is 0.0440. The highest BCUT2D eigenvalue weighted by molar-refractivity contribution is 7.16. The second-order valence-electron chi connectivity index (χ2n) is 6.35. The van der Waals surface area contributed by atoms with Crippen LogP contribution in [0.25, 0.3) is 12.2 Å². The van der Waals surface area contributed by atoms with Crippen molar-refractivity contribution in [2.24, 2.45) is 0 Å². The van der Waals surface area contributed by atoms with Crippen molar-refractivity contribution < 1.29 is 4.42 Å². The van der Waals surface area contributed by atoms with Crippen LogP contribution in [-0.4, -0.2) is 9.97 Å². The lowest BCUT2D eigenvalue weighted by atomic mass is 9.94. The number of aromatic nitrogens is 2. The van der Waals surface area contributed by atoms with E-state index in [-0.39, 0.29) is 5.41 Å². The van der Waals surface area contributed by atoms with Gasteiger partial charge in [0.1, 0.15) is 5.76 Å². The highest BCUT2D eigenvalue weighted by Crippen LogP contribution is 2.26. The molecule has 1 N–H and O–H groups in total. The Labute approximate surface area is 150 Å². The molecule has 0 atom stereocenters. The highest BCUT2D eigenvalue weighted by Gasteiger charge is 2.18. The third-order valence-electron chi connectivity index (χ3n) is 3.25. The number of nitrogens with zero attached hydrogens (tertiary/aromatic N) is 2. The van der Waals surface area contributed by atoms with Crippen LogP contribution >= 0.6 is 22.9 Å². The van der Waals surface area contributed by atoms with E-state index in [4.69, 9.17) is 16.0 Å². The Morgan fingerprint density at radius 3 is 2.71 bits per heavy atom. The van der Waals surface area contributed by atoms with Gasteiger partial charge in [-0.3, -0.25) is 0 Å². The first-order valence-electron chi connectivity index (χ1n) is 7.53. The zero-order valence-electron chi connectivity index (χ0n) is 13.7. The fourth-order valence-corrected chi connectivity index (χ4v) is 2.91. The summed E-state index contributed by atoms with van der Waals surface area (Å²) < 4.78 is 5.74. The normalized spacial score (nSPS) is 12.0. The van der Waals surface area contributed by atoms with Gasteiger partial charge < -0.3 is 9.73 Å². The lowest BCUT2D eigenvalue weighted by Crippen LogP contribution is -2.09. The van der Waals surface area contributed by atoms with Gasteiger partial charge in [-0.2, -0.15) is 0 Å². The molecule has 124 valence electrons. The van der Waals surface area contributed by atoms with Crippen molar-refractivity contribution in [2.75, 3.05) is 5.32 Å². The van der Waals surface area contributed by atoms with Crippen molar-refractivity contribution in [1.82, 2.24) is 9.97 Å². The number of rotatable bonds is 4. The fourth-order valence-electron chi connectivity index (χ4n) is 1.98. The molecule has 0 radical (unpaired) electrons. The first-order chi connectivity index (χ1) is 11.4. The molecule has 3 rings (SSSR count). The van der Waals surface area contributed by atoms with Crippen LogP contribution in [0.15, 0.2) is 41.1 Å². The van der Waals surface area contributed by atoms with Crippen molar-refractivity contribution in [1.29, 1.82) is 0 Å². The number of halogens is 1.